The van der Waals surface area contributed by atoms with Crippen LogP contribution in [0.5, 0.6) is 17.2 Å². The highest BCUT2D eigenvalue weighted by Crippen LogP contribution is 2.33. The topological polar surface area (TPSA) is 112 Å². The summed E-state index contributed by atoms with van der Waals surface area (Å²) in [6.07, 6.45) is 0. The molecule has 1 saturated heterocycles. The Balaban J connectivity index is 1.23. The van der Waals surface area contributed by atoms with E-state index in [0.717, 1.165) is 11.4 Å². The Morgan fingerprint density at radius 2 is 1.71 bits per heavy atom. The summed E-state index contributed by atoms with van der Waals surface area (Å²) in [5.74, 6) is 2.51. The number of fused-ring (bicyclic) bond motifs is 1. The van der Waals surface area contributed by atoms with Gasteiger partial charge in [-0.2, -0.15) is 8.99 Å². The molecule has 11 nitrogen and oxygen atoms in total. The molecule has 0 saturated carbocycles. The molecule has 0 radical (unpaired) electrons. The van der Waals surface area contributed by atoms with Crippen LogP contribution < -0.4 is 14.2 Å². The number of rotatable bonds is 7. The van der Waals surface area contributed by atoms with Crippen molar-refractivity contribution in [2.45, 2.75) is 18.4 Å². The van der Waals surface area contributed by atoms with Crippen LogP contribution >= 0.6 is 0 Å². The number of hydrogen-bond donors (Lipinski definition) is 0. The molecule has 0 N–H and O–H groups in total. The number of nitrogens with zero attached hydrogens (tertiary/aromatic N) is 6. The molecule has 0 aliphatic carbocycles. The van der Waals surface area contributed by atoms with Gasteiger partial charge in [-0.15, -0.1) is 5.10 Å². The Kier molecular flexibility index (Phi) is 6.35. The highest BCUT2D eigenvalue weighted by Gasteiger charge is 2.30. The van der Waals surface area contributed by atoms with Crippen molar-refractivity contribution in [3.05, 3.63) is 48.3 Å². The maximum Gasteiger partial charge on any atom is 0.243 e. The van der Waals surface area contributed by atoms with Crippen molar-refractivity contribution in [2.24, 2.45) is 0 Å². The van der Waals surface area contributed by atoms with Crippen LogP contribution in [0.15, 0.2) is 47.4 Å². The molecular formula is C22H26N6O5S. The molecule has 0 atom stereocenters. The van der Waals surface area contributed by atoms with E-state index in [1.807, 2.05) is 31.2 Å². The first-order chi connectivity index (χ1) is 16.5. The molecule has 0 amide bonds. The van der Waals surface area contributed by atoms with Gasteiger partial charge in [-0.3, -0.25) is 4.90 Å². The molecule has 0 spiro atoms. The molecule has 5 rings (SSSR count). The van der Waals surface area contributed by atoms with Crippen LogP contribution in [0, 0.1) is 0 Å². The van der Waals surface area contributed by atoms with Crippen molar-refractivity contribution < 1.29 is 22.6 Å². The Morgan fingerprint density at radius 3 is 2.44 bits per heavy atom. The number of tetrazole rings is 1. The van der Waals surface area contributed by atoms with Crippen molar-refractivity contribution in [3.8, 4) is 22.9 Å². The number of benzene rings is 2. The molecule has 3 heterocycles. The number of piperazine rings is 1. The minimum Gasteiger partial charge on any atom is -0.494 e. The molecule has 0 unspecified atom stereocenters. The van der Waals surface area contributed by atoms with Crippen molar-refractivity contribution in [1.82, 2.24) is 29.4 Å². The fraction of sp³-hybridized carbons (Fsp3) is 0.409. The lowest BCUT2D eigenvalue weighted by atomic mass is 10.3. The van der Waals surface area contributed by atoms with E-state index in [1.54, 1.807) is 22.9 Å². The highest BCUT2D eigenvalue weighted by molar-refractivity contribution is 7.89. The van der Waals surface area contributed by atoms with E-state index in [-0.39, 0.29) is 4.90 Å². The van der Waals surface area contributed by atoms with Crippen LogP contribution in [0.1, 0.15) is 12.7 Å². The van der Waals surface area contributed by atoms with Gasteiger partial charge in [-0.05, 0) is 53.7 Å². The SMILES string of the molecule is CCOc1ccc(-n2nnnc2CN2CCN(S(=O)(=O)c3ccc4c(c3)OCCO4)CC2)cc1. The highest BCUT2D eigenvalue weighted by atomic mass is 32.2. The van der Waals surface area contributed by atoms with Crippen LogP contribution in [-0.2, 0) is 16.6 Å². The summed E-state index contributed by atoms with van der Waals surface area (Å²) in [6, 6.07) is 12.3. The van der Waals surface area contributed by atoms with Crippen molar-refractivity contribution in [3.63, 3.8) is 0 Å². The molecular weight excluding hydrogens is 460 g/mol. The van der Waals surface area contributed by atoms with Gasteiger partial charge >= 0.3 is 0 Å². The van der Waals surface area contributed by atoms with Crippen LogP contribution in [-0.4, -0.2) is 83.8 Å². The molecule has 2 aliphatic heterocycles. The minimum absolute atomic E-state index is 0.213. The molecule has 1 fully saturated rings. The summed E-state index contributed by atoms with van der Waals surface area (Å²) < 4.78 is 46.1. The second-order valence-corrected chi connectivity index (χ2v) is 9.86. The lowest BCUT2D eigenvalue weighted by Crippen LogP contribution is -2.48. The number of aromatic nitrogens is 4. The van der Waals surface area contributed by atoms with E-state index in [1.165, 1.54) is 4.31 Å². The van der Waals surface area contributed by atoms with Gasteiger partial charge in [0.05, 0.1) is 23.7 Å². The van der Waals surface area contributed by atoms with Gasteiger partial charge in [-0.25, -0.2) is 8.42 Å². The van der Waals surface area contributed by atoms with Gasteiger partial charge in [0.25, 0.3) is 0 Å². The van der Waals surface area contributed by atoms with Crippen LogP contribution in [0.25, 0.3) is 5.69 Å². The van der Waals surface area contributed by atoms with Gasteiger partial charge in [0, 0.05) is 32.2 Å². The second-order valence-electron chi connectivity index (χ2n) is 7.92. The average molecular weight is 487 g/mol. The molecule has 34 heavy (non-hydrogen) atoms. The number of hydrogen-bond acceptors (Lipinski definition) is 9. The maximum atomic E-state index is 13.2. The van der Waals surface area contributed by atoms with E-state index < -0.39 is 10.0 Å². The van der Waals surface area contributed by atoms with Gasteiger partial charge in [0.1, 0.15) is 19.0 Å². The molecule has 1 aromatic heterocycles. The van der Waals surface area contributed by atoms with Crippen molar-refractivity contribution in [2.75, 3.05) is 46.0 Å². The number of ether oxygens (including phenoxy) is 3. The van der Waals surface area contributed by atoms with Crippen LogP contribution in [0.4, 0.5) is 0 Å². The second kappa shape index (κ2) is 9.57. The largest absolute Gasteiger partial charge is 0.494 e. The molecule has 2 aliphatic rings. The zero-order valence-electron chi connectivity index (χ0n) is 18.8. The summed E-state index contributed by atoms with van der Waals surface area (Å²) in [5.41, 5.74) is 0.836. The molecule has 12 heteroatoms. The van der Waals surface area contributed by atoms with Crippen molar-refractivity contribution >= 4 is 10.0 Å². The summed E-state index contributed by atoms with van der Waals surface area (Å²) in [7, 11) is -3.63. The molecule has 2 aromatic carbocycles. The van der Waals surface area contributed by atoms with Crippen LogP contribution in [0.2, 0.25) is 0 Å². The van der Waals surface area contributed by atoms with Crippen LogP contribution in [0.3, 0.4) is 0 Å². The lowest BCUT2D eigenvalue weighted by molar-refractivity contribution is 0.170. The summed E-state index contributed by atoms with van der Waals surface area (Å²) in [6.45, 7) is 5.81. The lowest BCUT2D eigenvalue weighted by Gasteiger charge is -2.33. The third-order valence-corrected chi connectivity index (χ3v) is 7.67. The van der Waals surface area contributed by atoms with E-state index in [0.29, 0.717) is 69.9 Å². The fourth-order valence-corrected chi connectivity index (χ4v) is 5.45. The monoisotopic (exact) mass is 486 g/mol. The first-order valence-corrected chi connectivity index (χ1v) is 12.6. The van der Waals surface area contributed by atoms with E-state index in [4.69, 9.17) is 14.2 Å². The van der Waals surface area contributed by atoms with Gasteiger partial charge < -0.3 is 14.2 Å². The smallest absolute Gasteiger partial charge is 0.243 e. The first kappa shape index (κ1) is 22.6. The summed E-state index contributed by atoms with van der Waals surface area (Å²) >= 11 is 0. The van der Waals surface area contributed by atoms with Crippen molar-refractivity contribution in [1.29, 1.82) is 0 Å². The Bertz CT molecular complexity index is 1240. The predicted octanol–water partition coefficient (Wildman–Crippen LogP) is 1.34. The van der Waals surface area contributed by atoms with Gasteiger partial charge in [0.2, 0.25) is 10.0 Å². The normalized spacial score (nSPS) is 17.0. The first-order valence-electron chi connectivity index (χ1n) is 11.2. The Hall–Kier alpha value is -3.22. The zero-order valence-corrected chi connectivity index (χ0v) is 19.6. The standard InChI is InChI=1S/C22H26N6O5S/c1-2-31-18-5-3-17(4-6-18)28-22(23-24-25-28)16-26-9-11-27(12-10-26)34(29,30)19-7-8-20-21(15-19)33-14-13-32-20/h3-8,15H,2,9-14,16H2,1H3. The van der Waals surface area contributed by atoms with E-state index in [9.17, 15) is 8.42 Å². The average Bonchev–Trinajstić information content (AvgIpc) is 3.33. The Labute approximate surface area is 197 Å². The quantitative estimate of drug-likeness (QED) is 0.488. The maximum absolute atomic E-state index is 13.2. The zero-order chi connectivity index (χ0) is 23.5. The number of sulfonamides is 1. The molecule has 0 bridgehead atoms. The van der Waals surface area contributed by atoms with Gasteiger partial charge in [0.15, 0.2) is 17.3 Å². The summed E-state index contributed by atoms with van der Waals surface area (Å²) in [5, 5.41) is 12.1. The summed E-state index contributed by atoms with van der Waals surface area (Å²) in [4.78, 5) is 2.36. The van der Waals surface area contributed by atoms with E-state index >= 15 is 0 Å². The fourth-order valence-electron chi connectivity index (χ4n) is 4.02. The van der Waals surface area contributed by atoms with E-state index in [2.05, 4.69) is 20.4 Å². The third kappa shape index (κ3) is 4.56. The molecule has 3 aromatic rings. The van der Waals surface area contributed by atoms with Gasteiger partial charge in [-0.1, -0.05) is 0 Å². The predicted molar refractivity (Wildman–Crippen MR) is 122 cm³/mol. The third-order valence-electron chi connectivity index (χ3n) is 5.77. The minimum atomic E-state index is -3.63. The molecule has 180 valence electrons. The Morgan fingerprint density at radius 1 is 0.971 bits per heavy atom.